The van der Waals surface area contributed by atoms with Gasteiger partial charge in [-0.2, -0.15) is 0 Å². The molecule has 0 amide bonds. The minimum absolute atomic E-state index is 0.0269. The van der Waals surface area contributed by atoms with E-state index >= 15 is 0 Å². The summed E-state index contributed by atoms with van der Waals surface area (Å²) in [5, 5.41) is 0. The topological polar surface area (TPSA) is 71.1 Å². The molecule has 1 heterocycles. The highest BCUT2D eigenvalue weighted by molar-refractivity contribution is 9.10. The number of carbonyl (C=O) groups excluding carboxylic acids is 2. The number of ketones is 1. The van der Waals surface area contributed by atoms with Gasteiger partial charge in [-0.05, 0) is 43.3 Å². The SMILES string of the molecule is CC(=O)c1ccc(OCC(=O)OCc2cc3c(cc2Br)OCCO3)cc1. The van der Waals surface area contributed by atoms with Gasteiger partial charge in [0.2, 0.25) is 0 Å². The Labute approximate surface area is 159 Å². The molecular formula is C19H17BrO6. The van der Waals surface area contributed by atoms with Gasteiger partial charge in [0.05, 0.1) is 0 Å². The van der Waals surface area contributed by atoms with E-state index in [9.17, 15) is 9.59 Å². The zero-order chi connectivity index (χ0) is 18.5. The molecule has 0 saturated carbocycles. The van der Waals surface area contributed by atoms with Gasteiger partial charge >= 0.3 is 5.97 Å². The van der Waals surface area contributed by atoms with E-state index in [1.807, 2.05) is 0 Å². The predicted molar refractivity (Wildman–Crippen MR) is 96.9 cm³/mol. The molecule has 7 heteroatoms. The van der Waals surface area contributed by atoms with Crippen LogP contribution < -0.4 is 14.2 Å². The predicted octanol–water partition coefficient (Wildman–Crippen LogP) is 3.55. The lowest BCUT2D eigenvalue weighted by Gasteiger charge is -2.19. The van der Waals surface area contributed by atoms with Crippen molar-refractivity contribution in [3.05, 3.63) is 52.0 Å². The average Bonchev–Trinajstić information content (AvgIpc) is 2.65. The number of fused-ring (bicyclic) bond motifs is 1. The van der Waals surface area contributed by atoms with Crippen molar-refractivity contribution in [2.45, 2.75) is 13.5 Å². The summed E-state index contributed by atoms with van der Waals surface area (Å²) in [5.41, 5.74) is 1.36. The number of rotatable bonds is 6. The summed E-state index contributed by atoms with van der Waals surface area (Å²) < 4.78 is 22.4. The highest BCUT2D eigenvalue weighted by Gasteiger charge is 2.16. The minimum Gasteiger partial charge on any atom is -0.486 e. The molecular weight excluding hydrogens is 404 g/mol. The van der Waals surface area contributed by atoms with E-state index in [0.717, 1.165) is 10.0 Å². The van der Waals surface area contributed by atoms with Gasteiger partial charge in [0.1, 0.15) is 25.6 Å². The summed E-state index contributed by atoms with van der Waals surface area (Å²) in [7, 11) is 0. The molecule has 0 bridgehead atoms. The van der Waals surface area contributed by atoms with Crippen molar-refractivity contribution < 1.29 is 28.5 Å². The molecule has 0 saturated heterocycles. The third kappa shape index (κ3) is 4.54. The maximum absolute atomic E-state index is 11.9. The monoisotopic (exact) mass is 420 g/mol. The summed E-state index contributed by atoms with van der Waals surface area (Å²) in [4.78, 5) is 23.1. The molecule has 0 radical (unpaired) electrons. The van der Waals surface area contributed by atoms with Crippen molar-refractivity contribution in [3.8, 4) is 17.2 Å². The Morgan fingerprint density at radius 2 is 1.73 bits per heavy atom. The summed E-state index contributed by atoms with van der Waals surface area (Å²) in [6, 6.07) is 10.2. The Hall–Kier alpha value is -2.54. The van der Waals surface area contributed by atoms with Gasteiger partial charge in [-0.15, -0.1) is 0 Å². The van der Waals surface area contributed by atoms with E-state index in [1.54, 1.807) is 36.4 Å². The van der Waals surface area contributed by atoms with E-state index < -0.39 is 5.97 Å². The van der Waals surface area contributed by atoms with Crippen LogP contribution in [-0.4, -0.2) is 31.6 Å². The molecule has 1 aliphatic heterocycles. The van der Waals surface area contributed by atoms with Crippen molar-refractivity contribution >= 4 is 27.7 Å². The van der Waals surface area contributed by atoms with E-state index in [1.165, 1.54) is 6.92 Å². The summed E-state index contributed by atoms with van der Waals surface area (Å²) >= 11 is 3.43. The van der Waals surface area contributed by atoms with Crippen LogP contribution in [-0.2, 0) is 16.1 Å². The third-order valence-corrected chi connectivity index (χ3v) is 4.46. The van der Waals surface area contributed by atoms with E-state index in [0.29, 0.717) is 36.0 Å². The zero-order valence-electron chi connectivity index (χ0n) is 14.1. The molecule has 3 rings (SSSR count). The van der Waals surface area contributed by atoms with E-state index in [2.05, 4.69) is 15.9 Å². The minimum atomic E-state index is -0.498. The Morgan fingerprint density at radius 1 is 1.08 bits per heavy atom. The fourth-order valence-corrected chi connectivity index (χ4v) is 2.78. The summed E-state index contributed by atoms with van der Waals surface area (Å²) in [6.07, 6.45) is 0. The van der Waals surface area contributed by atoms with Crippen LogP contribution in [0.5, 0.6) is 17.2 Å². The smallest absolute Gasteiger partial charge is 0.344 e. The van der Waals surface area contributed by atoms with E-state index in [4.69, 9.17) is 18.9 Å². The molecule has 26 heavy (non-hydrogen) atoms. The molecule has 0 spiro atoms. The van der Waals surface area contributed by atoms with Crippen LogP contribution in [0.15, 0.2) is 40.9 Å². The van der Waals surface area contributed by atoms with Gasteiger partial charge in [-0.25, -0.2) is 4.79 Å². The molecule has 0 aromatic heterocycles. The average molecular weight is 421 g/mol. The second kappa shape index (κ2) is 8.23. The van der Waals surface area contributed by atoms with Crippen LogP contribution in [0.2, 0.25) is 0 Å². The second-order valence-electron chi connectivity index (χ2n) is 5.62. The lowest BCUT2D eigenvalue weighted by molar-refractivity contribution is -0.147. The highest BCUT2D eigenvalue weighted by Crippen LogP contribution is 2.35. The first-order chi connectivity index (χ1) is 12.5. The molecule has 2 aromatic rings. The fraction of sp³-hybridized carbons (Fsp3) is 0.263. The first-order valence-corrected chi connectivity index (χ1v) is 8.79. The Morgan fingerprint density at radius 3 is 2.38 bits per heavy atom. The molecule has 0 atom stereocenters. The van der Waals surface area contributed by atoms with Gasteiger partial charge in [0.15, 0.2) is 23.9 Å². The lowest BCUT2D eigenvalue weighted by atomic mass is 10.1. The summed E-state index contributed by atoms with van der Waals surface area (Å²) in [6.45, 7) is 2.36. The van der Waals surface area contributed by atoms with Crippen molar-refractivity contribution in [1.82, 2.24) is 0 Å². The van der Waals surface area contributed by atoms with Gasteiger partial charge in [-0.1, -0.05) is 15.9 Å². The number of carbonyl (C=O) groups is 2. The normalized spacial score (nSPS) is 12.4. The first kappa shape index (κ1) is 18.3. The number of Topliss-reactive ketones (excluding diaryl/α,β-unsaturated/α-hetero) is 1. The number of hydrogen-bond acceptors (Lipinski definition) is 6. The molecule has 6 nitrogen and oxygen atoms in total. The quantitative estimate of drug-likeness (QED) is 0.525. The number of esters is 1. The fourth-order valence-electron chi connectivity index (χ4n) is 2.34. The molecule has 0 fully saturated rings. The number of ether oxygens (including phenoxy) is 4. The third-order valence-electron chi connectivity index (χ3n) is 3.72. The maximum atomic E-state index is 11.9. The van der Waals surface area contributed by atoms with Crippen LogP contribution in [0.3, 0.4) is 0 Å². The van der Waals surface area contributed by atoms with Gasteiger partial charge in [0.25, 0.3) is 0 Å². The molecule has 136 valence electrons. The van der Waals surface area contributed by atoms with Gasteiger partial charge in [-0.3, -0.25) is 4.79 Å². The van der Waals surface area contributed by atoms with Gasteiger partial charge < -0.3 is 18.9 Å². The number of benzene rings is 2. The van der Waals surface area contributed by atoms with Crippen LogP contribution in [0, 0.1) is 0 Å². The zero-order valence-corrected chi connectivity index (χ0v) is 15.7. The highest BCUT2D eigenvalue weighted by atomic mass is 79.9. The van der Waals surface area contributed by atoms with Crippen molar-refractivity contribution in [3.63, 3.8) is 0 Å². The lowest BCUT2D eigenvalue weighted by Crippen LogP contribution is -2.17. The maximum Gasteiger partial charge on any atom is 0.344 e. The molecule has 0 N–H and O–H groups in total. The molecule has 2 aromatic carbocycles. The molecule has 0 unspecified atom stereocenters. The van der Waals surface area contributed by atoms with Crippen LogP contribution in [0.1, 0.15) is 22.8 Å². The van der Waals surface area contributed by atoms with Crippen LogP contribution in [0.4, 0.5) is 0 Å². The van der Waals surface area contributed by atoms with E-state index in [-0.39, 0.29) is 19.0 Å². The number of hydrogen-bond donors (Lipinski definition) is 0. The van der Waals surface area contributed by atoms with Crippen LogP contribution in [0.25, 0.3) is 0 Å². The van der Waals surface area contributed by atoms with Crippen molar-refractivity contribution in [1.29, 1.82) is 0 Å². The second-order valence-corrected chi connectivity index (χ2v) is 6.47. The van der Waals surface area contributed by atoms with Crippen molar-refractivity contribution in [2.24, 2.45) is 0 Å². The Bertz CT molecular complexity index is 816. The van der Waals surface area contributed by atoms with Gasteiger partial charge in [0, 0.05) is 15.6 Å². The molecule has 0 aliphatic carbocycles. The largest absolute Gasteiger partial charge is 0.486 e. The summed E-state index contributed by atoms with van der Waals surface area (Å²) in [5.74, 6) is 1.26. The number of halogens is 1. The first-order valence-electron chi connectivity index (χ1n) is 8.00. The van der Waals surface area contributed by atoms with Crippen LogP contribution >= 0.6 is 15.9 Å². The molecule has 1 aliphatic rings. The van der Waals surface area contributed by atoms with Crippen molar-refractivity contribution in [2.75, 3.05) is 19.8 Å². The standard InChI is InChI=1S/C19H17BrO6/c1-12(21)13-2-4-15(5-3-13)25-11-19(22)26-10-14-8-17-18(9-16(14)20)24-7-6-23-17/h2-5,8-9H,6-7,10-11H2,1H3. The Kier molecular flexibility index (Phi) is 5.78. The Balaban J connectivity index is 1.52.